The summed E-state index contributed by atoms with van der Waals surface area (Å²) < 4.78 is 45.9. The van der Waals surface area contributed by atoms with Crippen molar-refractivity contribution in [2.24, 2.45) is 5.92 Å². The molecular weight excluding hydrogens is 407 g/mol. The lowest BCUT2D eigenvalue weighted by molar-refractivity contribution is -0.117. The zero-order valence-corrected chi connectivity index (χ0v) is 17.7. The molecule has 2 aliphatic rings. The van der Waals surface area contributed by atoms with E-state index in [0.717, 1.165) is 12.0 Å². The molecule has 2 fully saturated rings. The predicted octanol–water partition coefficient (Wildman–Crippen LogP) is 3.37. The van der Waals surface area contributed by atoms with Crippen LogP contribution in [0.4, 0.5) is 10.1 Å². The maximum absolute atomic E-state index is 13.1. The van der Waals surface area contributed by atoms with Gasteiger partial charge in [0, 0.05) is 24.7 Å². The van der Waals surface area contributed by atoms with Gasteiger partial charge in [-0.15, -0.1) is 0 Å². The molecule has 8 heteroatoms. The van der Waals surface area contributed by atoms with E-state index in [1.165, 1.54) is 28.6 Å². The standard InChI is InChI=1S/C22H25FN2O4S/c1-14-12-25(13-15(2)29-14)30(27,28)19-9-7-18(8-10-19)24-22(26)21-11-20(21)16-3-5-17(23)6-4-16/h3-10,14-15,20-21H,11-13H2,1-2H3,(H,24,26). The average molecular weight is 433 g/mol. The second-order valence-corrected chi connectivity index (χ2v) is 10.0. The minimum Gasteiger partial charge on any atom is -0.373 e. The van der Waals surface area contributed by atoms with Crippen LogP contribution in [0.5, 0.6) is 0 Å². The number of amides is 1. The van der Waals surface area contributed by atoms with Crippen LogP contribution in [-0.4, -0.2) is 43.9 Å². The lowest BCUT2D eigenvalue weighted by Crippen LogP contribution is -2.48. The molecule has 1 saturated carbocycles. The third kappa shape index (κ3) is 4.40. The third-order valence-corrected chi connectivity index (χ3v) is 7.42. The zero-order valence-electron chi connectivity index (χ0n) is 16.9. The van der Waals surface area contributed by atoms with Crippen molar-refractivity contribution in [2.75, 3.05) is 18.4 Å². The molecule has 1 saturated heterocycles. The second-order valence-electron chi connectivity index (χ2n) is 8.09. The molecule has 1 amide bonds. The monoisotopic (exact) mass is 432 g/mol. The van der Waals surface area contributed by atoms with E-state index in [-0.39, 0.29) is 40.7 Å². The summed E-state index contributed by atoms with van der Waals surface area (Å²) in [6.07, 6.45) is 0.404. The number of benzene rings is 2. The normalized spacial score (nSPS) is 26.9. The molecule has 0 aromatic heterocycles. The minimum atomic E-state index is -3.62. The lowest BCUT2D eigenvalue weighted by atomic mass is 10.1. The Balaban J connectivity index is 1.39. The van der Waals surface area contributed by atoms with Crippen molar-refractivity contribution in [3.63, 3.8) is 0 Å². The first kappa shape index (κ1) is 21.0. The topological polar surface area (TPSA) is 75.7 Å². The molecular formula is C22H25FN2O4S. The Kier molecular flexibility index (Phi) is 5.65. The van der Waals surface area contributed by atoms with Crippen LogP contribution >= 0.6 is 0 Å². The molecule has 1 heterocycles. The Morgan fingerprint density at radius 3 is 2.23 bits per heavy atom. The van der Waals surface area contributed by atoms with Gasteiger partial charge in [0.1, 0.15) is 5.82 Å². The van der Waals surface area contributed by atoms with Crippen LogP contribution in [0, 0.1) is 11.7 Å². The SMILES string of the molecule is CC1CN(S(=O)(=O)c2ccc(NC(=O)C3CC3c3ccc(F)cc3)cc2)CC(C)O1. The molecule has 4 unspecified atom stereocenters. The number of rotatable bonds is 5. The highest BCUT2D eigenvalue weighted by Gasteiger charge is 2.44. The molecule has 1 aliphatic carbocycles. The Morgan fingerprint density at radius 1 is 1.03 bits per heavy atom. The van der Waals surface area contributed by atoms with Crippen LogP contribution in [0.3, 0.4) is 0 Å². The van der Waals surface area contributed by atoms with Crippen LogP contribution in [-0.2, 0) is 19.6 Å². The first-order valence-corrected chi connectivity index (χ1v) is 11.5. The molecule has 0 spiro atoms. The Labute approximate surface area is 176 Å². The summed E-state index contributed by atoms with van der Waals surface area (Å²) in [5, 5.41) is 2.85. The average Bonchev–Trinajstić information content (AvgIpc) is 3.49. The van der Waals surface area contributed by atoms with Crippen molar-refractivity contribution in [1.82, 2.24) is 4.31 Å². The van der Waals surface area contributed by atoms with Crippen LogP contribution in [0.1, 0.15) is 31.7 Å². The Morgan fingerprint density at radius 2 is 1.63 bits per heavy atom. The minimum absolute atomic E-state index is 0.0931. The van der Waals surface area contributed by atoms with E-state index in [2.05, 4.69) is 5.32 Å². The molecule has 4 rings (SSSR count). The van der Waals surface area contributed by atoms with Gasteiger partial charge in [-0.25, -0.2) is 12.8 Å². The van der Waals surface area contributed by atoms with E-state index < -0.39 is 10.0 Å². The van der Waals surface area contributed by atoms with Gasteiger partial charge in [-0.3, -0.25) is 4.79 Å². The molecule has 0 bridgehead atoms. The Bertz CT molecular complexity index is 1010. The quantitative estimate of drug-likeness (QED) is 0.786. The van der Waals surface area contributed by atoms with Crippen LogP contribution in [0.15, 0.2) is 53.4 Å². The molecule has 6 nitrogen and oxygen atoms in total. The van der Waals surface area contributed by atoms with Gasteiger partial charge < -0.3 is 10.1 Å². The Hall–Kier alpha value is -2.29. The predicted molar refractivity (Wildman–Crippen MR) is 111 cm³/mol. The van der Waals surface area contributed by atoms with E-state index in [9.17, 15) is 17.6 Å². The summed E-state index contributed by atoms with van der Waals surface area (Å²) in [5.74, 6) is -0.474. The zero-order chi connectivity index (χ0) is 21.5. The number of anilines is 1. The van der Waals surface area contributed by atoms with Crippen molar-refractivity contribution in [3.05, 3.63) is 59.9 Å². The summed E-state index contributed by atoms with van der Waals surface area (Å²) in [7, 11) is -3.62. The second kappa shape index (κ2) is 8.09. The highest BCUT2D eigenvalue weighted by Crippen LogP contribution is 2.48. The van der Waals surface area contributed by atoms with Crippen molar-refractivity contribution in [2.45, 2.75) is 43.3 Å². The number of morpholine rings is 1. The summed E-state index contributed by atoms with van der Waals surface area (Å²) in [5.41, 5.74) is 1.50. The molecule has 2 aromatic rings. The number of ether oxygens (including phenoxy) is 1. The van der Waals surface area contributed by atoms with Gasteiger partial charge in [0.2, 0.25) is 15.9 Å². The van der Waals surface area contributed by atoms with Crippen LogP contribution in [0.25, 0.3) is 0 Å². The molecule has 0 radical (unpaired) electrons. The van der Waals surface area contributed by atoms with Gasteiger partial charge in [-0.05, 0) is 68.1 Å². The molecule has 30 heavy (non-hydrogen) atoms. The first-order chi connectivity index (χ1) is 14.2. The maximum Gasteiger partial charge on any atom is 0.243 e. The van der Waals surface area contributed by atoms with Crippen LogP contribution in [0.2, 0.25) is 0 Å². The van der Waals surface area contributed by atoms with Gasteiger partial charge in [0.05, 0.1) is 17.1 Å². The highest BCUT2D eigenvalue weighted by atomic mass is 32.2. The van der Waals surface area contributed by atoms with Gasteiger partial charge in [-0.2, -0.15) is 4.31 Å². The number of hydrogen-bond acceptors (Lipinski definition) is 4. The molecule has 160 valence electrons. The van der Waals surface area contributed by atoms with Crippen LogP contribution < -0.4 is 5.32 Å². The summed E-state index contributed by atoms with van der Waals surface area (Å²) in [6, 6.07) is 12.5. The number of sulfonamides is 1. The summed E-state index contributed by atoms with van der Waals surface area (Å²) in [4.78, 5) is 12.7. The lowest BCUT2D eigenvalue weighted by Gasteiger charge is -2.34. The molecule has 1 N–H and O–H groups in total. The van der Waals surface area contributed by atoms with E-state index in [0.29, 0.717) is 18.8 Å². The largest absolute Gasteiger partial charge is 0.373 e. The number of nitrogens with zero attached hydrogens (tertiary/aromatic N) is 1. The van der Waals surface area contributed by atoms with Crippen molar-refractivity contribution < 1.29 is 22.3 Å². The van der Waals surface area contributed by atoms with E-state index >= 15 is 0 Å². The van der Waals surface area contributed by atoms with Gasteiger partial charge in [-0.1, -0.05) is 12.1 Å². The number of carbonyl (C=O) groups is 1. The third-order valence-electron chi connectivity index (χ3n) is 5.57. The van der Waals surface area contributed by atoms with Crippen molar-refractivity contribution in [3.8, 4) is 0 Å². The van der Waals surface area contributed by atoms with E-state index in [1.807, 2.05) is 13.8 Å². The number of halogens is 1. The summed E-state index contributed by atoms with van der Waals surface area (Å²) >= 11 is 0. The number of hydrogen-bond donors (Lipinski definition) is 1. The number of carbonyl (C=O) groups excluding carboxylic acids is 1. The fraction of sp³-hybridized carbons (Fsp3) is 0.409. The fourth-order valence-electron chi connectivity index (χ4n) is 3.98. The van der Waals surface area contributed by atoms with Gasteiger partial charge >= 0.3 is 0 Å². The summed E-state index contributed by atoms with van der Waals surface area (Å²) in [6.45, 7) is 4.34. The van der Waals surface area contributed by atoms with Gasteiger partial charge in [0.15, 0.2) is 0 Å². The van der Waals surface area contributed by atoms with E-state index in [4.69, 9.17) is 4.74 Å². The molecule has 2 aromatic carbocycles. The fourth-order valence-corrected chi connectivity index (χ4v) is 5.57. The van der Waals surface area contributed by atoms with Crippen molar-refractivity contribution >= 4 is 21.6 Å². The molecule has 4 atom stereocenters. The highest BCUT2D eigenvalue weighted by molar-refractivity contribution is 7.89. The maximum atomic E-state index is 13.1. The smallest absolute Gasteiger partial charge is 0.243 e. The first-order valence-electron chi connectivity index (χ1n) is 10.1. The van der Waals surface area contributed by atoms with Crippen molar-refractivity contribution in [1.29, 1.82) is 0 Å². The van der Waals surface area contributed by atoms with Gasteiger partial charge in [0.25, 0.3) is 0 Å². The molecule has 1 aliphatic heterocycles. The number of nitrogens with one attached hydrogen (secondary N) is 1. The van der Waals surface area contributed by atoms with E-state index in [1.54, 1.807) is 24.3 Å².